The molecule has 2 aromatic rings. The Hall–Kier alpha value is -1.28. The fourth-order valence-corrected chi connectivity index (χ4v) is 2.22. The van der Waals surface area contributed by atoms with Crippen LogP contribution >= 0.6 is 11.6 Å². The summed E-state index contributed by atoms with van der Waals surface area (Å²) < 4.78 is 0. The van der Waals surface area contributed by atoms with E-state index >= 15 is 0 Å². The molecule has 0 radical (unpaired) electrons. The normalized spacial score (nSPS) is 10.8. The van der Waals surface area contributed by atoms with Crippen molar-refractivity contribution in [1.29, 1.82) is 0 Å². The van der Waals surface area contributed by atoms with E-state index in [1.54, 1.807) is 0 Å². The van der Waals surface area contributed by atoms with Crippen LogP contribution in [0, 0.1) is 0 Å². The number of nitrogens with one attached hydrogen (secondary N) is 1. The lowest BCUT2D eigenvalue weighted by molar-refractivity contribution is 0.685. The molecule has 0 saturated heterocycles. The molecule has 0 aliphatic carbocycles. The number of pyridine rings is 1. The van der Waals surface area contributed by atoms with Crippen molar-refractivity contribution in [3.8, 4) is 0 Å². The third-order valence-corrected chi connectivity index (χ3v) is 3.29. The summed E-state index contributed by atoms with van der Waals surface area (Å²) in [5.74, 6) is 0. The number of unbranched alkanes of at least 4 members (excludes halogenated alkanes) is 3. The second-order valence-corrected chi connectivity index (χ2v) is 4.94. The molecule has 0 spiro atoms. The molecule has 1 aromatic carbocycles. The molecular formula is C15H19ClN2. The van der Waals surface area contributed by atoms with Gasteiger partial charge in [-0.25, -0.2) is 0 Å². The number of fused-ring (bicyclic) bond motifs is 1. The van der Waals surface area contributed by atoms with E-state index in [9.17, 15) is 0 Å². The molecular weight excluding hydrogens is 244 g/mol. The van der Waals surface area contributed by atoms with E-state index in [0.717, 1.165) is 28.2 Å². The fourth-order valence-electron chi connectivity index (χ4n) is 2.05. The van der Waals surface area contributed by atoms with Crippen LogP contribution < -0.4 is 5.32 Å². The summed E-state index contributed by atoms with van der Waals surface area (Å²) in [4.78, 5) is 4.34. The van der Waals surface area contributed by atoms with E-state index < -0.39 is 0 Å². The van der Waals surface area contributed by atoms with Crippen molar-refractivity contribution < 1.29 is 0 Å². The molecule has 3 heteroatoms. The predicted molar refractivity (Wildman–Crippen MR) is 79.4 cm³/mol. The second kappa shape index (κ2) is 6.60. The largest absolute Gasteiger partial charge is 0.384 e. The summed E-state index contributed by atoms with van der Waals surface area (Å²) in [6, 6.07) is 7.86. The summed E-state index contributed by atoms with van der Waals surface area (Å²) in [7, 11) is 0. The smallest absolute Gasteiger partial charge is 0.0737 e. The Morgan fingerprint density at radius 2 is 2.06 bits per heavy atom. The summed E-state index contributed by atoms with van der Waals surface area (Å²) in [5, 5.41) is 5.35. The molecule has 0 fully saturated rings. The minimum atomic E-state index is 0.732. The van der Waals surface area contributed by atoms with Crippen LogP contribution in [0.15, 0.2) is 30.5 Å². The third-order valence-electron chi connectivity index (χ3n) is 3.05. The first-order chi connectivity index (χ1) is 8.81. The highest BCUT2D eigenvalue weighted by molar-refractivity contribution is 6.31. The van der Waals surface area contributed by atoms with Gasteiger partial charge in [-0.1, -0.05) is 37.8 Å². The molecule has 1 heterocycles. The minimum absolute atomic E-state index is 0.732. The van der Waals surface area contributed by atoms with Gasteiger partial charge in [0.25, 0.3) is 0 Å². The standard InChI is InChI=1S/C15H19ClN2/c1-2-3-4-5-9-17-14-8-10-18-15-11-12(16)6-7-13(14)15/h6-8,10-11H,2-5,9H2,1H3,(H,17,18). The summed E-state index contributed by atoms with van der Waals surface area (Å²) >= 11 is 5.97. The van der Waals surface area contributed by atoms with Gasteiger partial charge in [-0.15, -0.1) is 0 Å². The summed E-state index contributed by atoms with van der Waals surface area (Å²) in [6.45, 7) is 3.25. The second-order valence-electron chi connectivity index (χ2n) is 4.51. The van der Waals surface area contributed by atoms with Crippen LogP contribution in [0.2, 0.25) is 5.02 Å². The molecule has 0 aliphatic rings. The number of benzene rings is 1. The van der Waals surface area contributed by atoms with E-state index in [0.29, 0.717) is 0 Å². The van der Waals surface area contributed by atoms with Gasteiger partial charge in [-0.2, -0.15) is 0 Å². The number of rotatable bonds is 6. The van der Waals surface area contributed by atoms with Crippen LogP contribution in [0.25, 0.3) is 10.9 Å². The van der Waals surface area contributed by atoms with E-state index in [2.05, 4.69) is 17.2 Å². The first kappa shape index (κ1) is 13.2. The highest BCUT2D eigenvalue weighted by atomic mass is 35.5. The molecule has 0 aliphatic heterocycles. The van der Waals surface area contributed by atoms with Crippen LogP contribution in [0.3, 0.4) is 0 Å². The Bertz CT molecular complexity index is 511. The fraction of sp³-hybridized carbons (Fsp3) is 0.400. The lowest BCUT2D eigenvalue weighted by atomic mass is 10.1. The van der Waals surface area contributed by atoms with Crippen LogP contribution in [-0.4, -0.2) is 11.5 Å². The van der Waals surface area contributed by atoms with Gasteiger partial charge < -0.3 is 5.32 Å². The van der Waals surface area contributed by atoms with E-state index in [1.165, 1.54) is 25.7 Å². The van der Waals surface area contributed by atoms with Gasteiger partial charge in [0.05, 0.1) is 5.52 Å². The maximum absolute atomic E-state index is 5.97. The Balaban J connectivity index is 2.04. The zero-order chi connectivity index (χ0) is 12.8. The molecule has 2 nitrogen and oxygen atoms in total. The topological polar surface area (TPSA) is 24.9 Å². The predicted octanol–water partition coefficient (Wildman–Crippen LogP) is 4.88. The lowest BCUT2D eigenvalue weighted by Gasteiger charge is -2.09. The zero-order valence-corrected chi connectivity index (χ0v) is 11.5. The molecule has 1 aromatic heterocycles. The molecule has 2 rings (SSSR count). The summed E-state index contributed by atoms with van der Waals surface area (Å²) in [6.07, 6.45) is 6.92. The Morgan fingerprint density at radius 3 is 2.89 bits per heavy atom. The van der Waals surface area contributed by atoms with Gasteiger partial charge in [0.2, 0.25) is 0 Å². The van der Waals surface area contributed by atoms with Crippen molar-refractivity contribution in [3.63, 3.8) is 0 Å². The summed E-state index contributed by atoms with van der Waals surface area (Å²) in [5.41, 5.74) is 2.09. The molecule has 96 valence electrons. The highest BCUT2D eigenvalue weighted by Gasteiger charge is 2.01. The van der Waals surface area contributed by atoms with Crippen molar-refractivity contribution in [2.24, 2.45) is 0 Å². The average Bonchev–Trinajstić information content (AvgIpc) is 2.38. The molecule has 1 N–H and O–H groups in total. The first-order valence-electron chi connectivity index (χ1n) is 6.59. The zero-order valence-electron chi connectivity index (χ0n) is 10.7. The molecule has 18 heavy (non-hydrogen) atoms. The van der Waals surface area contributed by atoms with Crippen molar-refractivity contribution >= 4 is 28.2 Å². The first-order valence-corrected chi connectivity index (χ1v) is 6.97. The number of hydrogen-bond acceptors (Lipinski definition) is 2. The Kier molecular flexibility index (Phi) is 4.82. The average molecular weight is 263 g/mol. The molecule has 0 unspecified atom stereocenters. The van der Waals surface area contributed by atoms with Crippen molar-refractivity contribution in [3.05, 3.63) is 35.5 Å². The maximum atomic E-state index is 5.97. The van der Waals surface area contributed by atoms with E-state index in [1.807, 2.05) is 30.5 Å². The van der Waals surface area contributed by atoms with Gasteiger partial charge in [-0.3, -0.25) is 4.98 Å². The molecule has 0 amide bonds. The van der Waals surface area contributed by atoms with Crippen LogP contribution in [0.1, 0.15) is 32.6 Å². The minimum Gasteiger partial charge on any atom is -0.384 e. The monoisotopic (exact) mass is 262 g/mol. The van der Waals surface area contributed by atoms with Crippen LogP contribution in [0.5, 0.6) is 0 Å². The van der Waals surface area contributed by atoms with Crippen molar-refractivity contribution in [2.45, 2.75) is 32.6 Å². The van der Waals surface area contributed by atoms with Gasteiger partial charge in [0.1, 0.15) is 0 Å². The number of anilines is 1. The van der Waals surface area contributed by atoms with Crippen molar-refractivity contribution in [2.75, 3.05) is 11.9 Å². The van der Waals surface area contributed by atoms with Gasteiger partial charge in [0.15, 0.2) is 0 Å². The molecule has 0 bridgehead atoms. The van der Waals surface area contributed by atoms with Crippen LogP contribution in [-0.2, 0) is 0 Å². The maximum Gasteiger partial charge on any atom is 0.0737 e. The molecule has 0 atom stereocenters. The SMILES string of the molecule is CCCCCCNc1ccnc2cc(Cl)ccc12. The quantitative estimate of drug-likeness (QED) is 0.751. The third kappa shape index (κ3) is 3.36. The lowest BCUT2D eigenvalue weighted by Crippen LogP contribution is -2.02. The number of aromatic nitrogens is 1. The van der Waals surface area contributed by atoms with Gasteiger partial charge >= 0.3 is 0 Å². The molecule has 0 saturated carbocycles. The number of nitrogens with zero attached hydrogens (tertiary/aromatic N) is 1. The van der Waals surface area contributed by atoms with Crippen LogP contribution in [0.4, 0.5) is 5.69 Å². The van der Waals surface area contributed by atoms with E-state index in [4.69, 9.17) is 11.6 Å². The Morgan fingerprint density at radius 1 is 1.17 bits per heavy atom. The van der Waals surface area contributed by atoms with Gasteiger partial charge in [0, 0.05) is 28.8 Å². The number of hydrogen-bond donors (Lipinski definition) is 1. The van der Waals surface area contributed by atoms with Crippen molar-refractivity contribution in [1.82, 2.24) is 4.98 Å². The Labute approximate surface area is 113 Å². The number of halogens is 1. The highest BCUT2D eigenvalue weighted by Crippen LogP contribution is 2.24. The van der Waals surface area contributed by atoms with E-state index in [-0.39, 0.29) is 0 Å². The van der Waals surface area contributed by atoms with Gasteiger partial charge in [-0.05, 0) is 30.7 Å².